The van der Waals surface area contributed by atoms with Gasteiger partial charge in [-0.05, 0) is 38.8 Å². The Hall–Kier alpha value is -1.22. The molecule has 18 heavy (non-hydrogen) atoms. The highest BCUT2D eigenvalue weighted by molar-refractivity contribution is 5.49. The van der Waals surface area contributed by atoms with Crippen LogP contribution in [0.5, 0.6) is 11.5 Å². The molecule has 0 spiro atoms. The summed E-state index contributed by atoms with van der Waals surface area (Å²) in [6.45, 7) is 3.97. The van der Waals surface area contributed by atoms with Crippen LogP contribution in [0.3, 0.4) is 0 Å². The quantitative estimate of drug-likeness (QED) is 0.864. The molecule has 0 saturated heterocycles. The molecular formula is C15H23NO2. The minimum absolute atomic E-state index is 0.0812. The molecule has 0 heterocycles. The Kier molecular flexibility index (Phi) is 3.81. The summed E-state index contributed by atoms with van der Waals surface area (Å²) in [7, 11) is 0. The molecule has 1 aromatic carbocycles. The fraction of sp³-hybridized carbons (Fsp3) is 0.600. The van der Waals surface area contributed by atoms with Crippen molar-refractivity contribution in [1.29, 1.82) is 0 Å². The molecule has 1 saturated carbocycles. The van der Waals surface area contributed by atoms with E-state index in [1.54, 1.807) is 6.07 Å². The standard InChI is InChI=1S/C15H23NO2/c1-11(2)18-13-8-6-7-12(17)14(13)15(16)9-4-3-5-10-15/h6-8,11,17H,3-5,9-10,16H2,1-2H3. The minimum atomic E-state index is -0.437. The second kappa shape index (κ2) is 5.19. The number of benzene rings is 1. The molecule has 0 bridgehead atoms. The maximum absolute atomic E-state index is 10.2. The van der Waals surface area contributed by atoms with Gasteiger partial charge in [0.05, 0.1) is 11.7 Å². The van der Waals surface area contributed by atoms with E-state index in [0.29, 0.717) is 0 Å². The second-order valence-electron chi connectivity index (χ2n) is 5.53. The lowest BCUT2D eigenvalue weighted by Crippen LogP contribution is -2.39. The van der Waals surface area contributed by atoms with Crippen LogP contribution in [-0.2, 0) is 5.54 Å². The van der Waals surface area contributed by atoms with Gasteiger partial charge in [0.25, 0.3) is 0 Å². The largest absolute Gasteiger partial charge is 0.507 e. The predicted molar refractivity (Wildman–Crippen MR) is 72.8 cm³/mol. The maximum atomic E-state index is 10.2. The monoisotopic (exact) mass is 249 g/mol. The van der Waals surface area contributed by atoms with Crippen LogP contribution < -0.4 is 10.5 Å². The normalized spacial score (nSPS) is 18.9. The van der Waals surface area contributed by atoms with E-state index in [2.05, 4.69) is 0 Å². The van der Waals surface area contributed by atoms with Crippen molar-refractivity contribution in [2.75, 3.05) is 0 Å². The summed E-state index contributed by atoms with van der Waals surface area (Å²) < 4.78 is 5.80. The van der Waals surface area contributed by atoms with E-state index < -0.39 is 5.54 Å². The Labute approximate surface area is 109 Å². The van der Waals surface area contributed by atoms with Gasteiger partial charge in [-0.15, -0.1) is 0 Å². The zero-order valence-corrected chi connectivity index (χ0v) is 11.3. The van der Waals surface area contributed by atoms with Crippen LogP contribution in [0.1, 0.15) is 51.5 Å². The molecule has 0 unspecified atom stereocenters. The number of phenolic OH excluding ortho intramolecular Hbond substituents is 1. The number of hydrogen-bond donors (Lipinski definition) is 2. The fourth-order valence-corrected chi connectivity index (χ4v) is 2.80. The van der Waals surface area contributed by atoms with Crippen LogP contribution in [0.4, 0.5) is 0 Å². The Morgan fingerprint density at radius 2 is 1.89 bits per heavy atom. The average molecular weight is 249 g/mol. The summed E-state index contributed by atoms with van der Waals surface area (Å²) >= 11 is 0. The van der Waals surface area contributed by atoms with Gasteiger partial charge in [-0.25, -0.2) is 0 Å². The molecule has 1 aliphatic carbocycles. The van der Waals surface area contributed by atoms with Crippen molar-refractivity contribution >= 4 is 0 Å². The predicted octanol–water partition coefficient (Wildman–Crippen LogP) is 3.30. The Morgan fingerprint density at radius 1 is 1.22 bits per heavy atom. The molecule has 3 nitrogen and oxygen atoms in total. The third kappa shape index (κ3) is 2.61. The maximum Gasteiger partial charge on any atom is 0.128 e. The zero-order chi connectivity index (χ0) is 13.2. The first-order valence-corrected chi connectivity index (χ1v) is 6.81. The number of hydrogen-bond acceptors (Lipinski definition) is 3. The van der Waals surface area contributed by atoms with Crippen molar-refractivity contribution in [3.63, 3.8) is 0 Å². The van der Waals surface area contributed by atoms with Gasteiger partial charge >= 0.3 is 0 Å². The van der Waals surface area contributed by atoms with E-state index in [1.807, 2.05) is 26.0 Å². The van der Waals surface area contributed by atoms with Crippen LogP contribution >= 0.6 is 0 Å². The van der Waals surface area contributed by atoms with Crippen LogP contribution in [-0.4, -0.2) is 11.2 Å². The van der Waals surface area contributed by atoms with E-state index in [4.69, 9.17) is 10.5 Å². The summed E-state index contributed by atoms with van der Waals surface area (Å²) in [5.74, 6) is 0.993. The van der Waals surface area contributed by atoms with Crippen molar-refractivity contribution in [3.05, 3.63) is 23.8 Å². The lowest BCUT2D eigenvalue weighted by molar-refractivity contribution is 0.221. The van der Waals surface area contributed by atoms with Gasteiger partial charge in [0.15, 0.2) is 0 Å². The summed E-state index contributed by atoms with van der Waals surface area (Å²) in [6.07, 6.45) is 5.38. The van der Waals surface area contributed by atoms with Crippen LogP contribution in [0.15, 0.2) is 18.2 Å². The number of aromatic hydroxyl groups is 1. The van der Waals surface area contributed by atoms with Gasteiger partial charge < -0.3 is 15.6 Å². The highest BCUT2D eigenvalue weighted by atomic mass is 16.5. The van der Waals surface area contributed by atoms with E-state index in [0.717, 1.165) is 37.0 Å². The first-order valence-electron chi connectivity index (χ1n) is 6.81. The number of rotatable bonds is 3. The molecule has 1 fully saturated rings. The molecule has 0 aliphatic heterocycles. The van der Waals surface area contributed by atoms with E-state index in [9.17, 15) is 5.11 Å². The van der Waals surface area contributed by atoms with Gasteiger partial charge in [-0.3, -0.25) is 0 Å². The molecule has 3 N–H and O–H groups in total. The van der Waals surface area contributed by atoms with Crippen molar-refractivity contribution in [3.8, 4) is 11.5 Å². The van der Waals surface area contributed by atoms with Crippen molar-refractivity contribution in [2.24, 2.45) is 5.73 Å². The van der Waals surface area contributed by atoms with E-state index >= 15 is 0 Å². The lowest BCUT2D eigenvalue weighted by Gasteiger charge is -2.35. The molecule has 0 amide bonds. The van der Waals surface area contributed by atoms with Gasteiger partial charge in [-0.1, -0.05) is 25.3 Å². The first kappa shape index (κ1) is 13.2. The average Bonchev–Trinajstić information content (AvgIpc) is 2.28. The molecular weight excluding hydrogens is 226 g/mol. The highest BCUT2D eigenvalue weighted by Crippen LogP contribution is 2.43. The number of phenols is 1. The van der Waals surface area contributed by atoms with Gasteiger partial charge in [0.1, 0.15) is 11.5 Å². The first-order chi connectivity index (χ1) is 8.53. The zero-order valence-electron chi connectivity index (χ0n) is 11.3. The highest BCUT2D eigenvalue weighted by Gasteiger charge is 2.34. The molecule has 2 rings (SSSR count). The summed E-state index contributed by atoms with van der Waals surface area (Å²) in [5, 5.41) is 10.2. The van der Waals surface area contributed by atoms with Crippen LogP contribution in [0.25, 0.3) is 0 Å². The molecule has 0 atom stereocenters. The van der Waals surface area contributed by atoms with Crippen molar-refractivity contribution < 1.29 is 9.84 Å². The molecule has 3 heteroatoms. The smallest absolute Gasteiger partial charge is 0.128 e. The molecule has 1 aliphatic rings. The Bertz CT molecular complexity index is 409. The van der Waals surface area contributed by atoms with Gasteiger partial charge in [0, 0.05) is 5.54 Å². The summed E-state index contributed by atoms with van der Waals surface area (Å²) in [5.41, 5.74) is 6.87. The third-order valence-corrected chi connectivity index (χ3v) is 3.61. The van der Waals surface area contributed by atoms with Gasteiger partial charge in [0.2, 0.25) is 0 Å². The summed E-state index contributed by atoms with van der Waals surface area (Å²) in [6, 6.07) is 5.41. The SMILES string of the molecule is CC(C)Oc1cccc(O)c1C1(N)CCCCC1. The third-order valence-electron chi connectivity index (χ3n) is 3.61. The second-order valence-corrected chi connectivity index (χ2v) is 5.53. The number of nitrogens with two attached hydrogens (primary N) is 1. The molecule has 100 valence electrons. The van der Waals surface area contributed by atoms with Gasteiger partial charge in [-0.2, -0.15) is 0 Å². The molecule has 1 aromatic rings. The molecule has 0 radical (unpaired) electrons. The summed E-state index contributed by atoms with van der Waals surface area (Å²) in [4.78, 5) is 0. The van der Waals surface area contributed by atoms with E-state index in [-0.39, 0.29) is 11.9 Å². The van der Waals surface area contributed by atoms with Crippen molar-refractivity contribution in [2.45, 2.75) is 57.6 Å². The Balaban J connectivity index is 2.40. The molecule has 0 aromatic heterocycles. The Morgan fingerprint density at radius 3 is 2.50 bits per heavy atom. The minimum Gasteiger partial charge on any atom is -0.507 e. The topological polar surface area (TPSA) is 55.5 Å². The lowest BCUT2D eigenvalue weighted by atomic mass is 9.76. The van der Waals surface area contributed by atoms with E-state index in [1.165, 1.54) is 6.42 Å². The van der Waals surface area contributed by atoms with Crippen LogP contribution in [0, 0.1) is 0 Å². The van der Waals surface area contributed by atoms with Crippen molar-refractivity contribution in [1.82, 2.24) is 0 Å². The van der Waals surface area contributed by atoms with Crippen LogP contribution in [0.2, 0.25) is 0 Å². The fourth-order valence-electron chi connectivity index (χ4n) is 2.80. The number of ether oxygens (including phenoxy) is 1.